The number of amides is 3. The van der Waals surface area contributed by atoms with Crippen LogP contribution in [-0.4, -0.2) is 40.3 Å². The van der Waals surface area contributed by atoms with Crippen LogP contribution in [0.5, 0.6) is 5.75 Å². The minimum atomic E-state index is -0.612. The lowest BCUT2D eigenvalue weighted by Crippen LogP contribution is -2.60. The summed E-state index contributed by atoms with van der Waals surface area (Å²) in [6, 6.07) is 5.12. The number of benzene rings is 1. The van der Waals surface area contributed by atoms with E-state index in [1.165, 1.54) is 37.2 Å². The quantitative estimate of drug-likeness (QED) is 0.641. The number of pyridine rings is 2. The number of hydrogen-bond acceptors (Lipinski definition) is 6. The fraction of sp³-hybridized carbons (Fsp3) is 0.143. The maximum Gasteiger partial charge on any atom is 0.329 e. The number of fused-ring (bicyclic) bond motifs is 2. The van der Waals surface area contributed by atoms with Gasteiger partial charge in [0.25, 0.3) is 5.91 Å². The zero-order valence-corrected chi connectivity index (χ0v) is 17.6. The SMILES string of the molecule is COc1cc(C2=CC3NC(=O)N(c4cncc5cccnc45)C(=O)C3S2)c(Cl)cc1F. The number of anilines is 1. The van der Waals surface area contributed by atoms with Gasteiger partial charge in [-0.1, -0.05) is 11.6 Å². The fourth-order valence-electron chi connectivity index (χ4n) is 3.66. The third-order valence-electron chi connectivity index (χ3n) is 5.11. The molecule has 0 radical (unpaired) electrons. The van der Waals surface area contributed by atoms with Crippen molar-refractivity contribution in [2.45, 2.75) is 11.3 Å². The van der Waals surface area contributed by atoms with Crippen molar-refractivity contribution >= 4 is 56.8 Å². The molecule has 3 amide bonds. The number of halogens is 2. The molecule has 2 aromatic heterocycles. The Hall–Kier alpha value is -3.17. The molecule has 0 saturated carbocycles. The molecule has 1 aromatic carbocycles. The van der Waals surface area contributed by atoms with Crippen molar-refractivity contribution in [3.63, 3.8) is 0 Å². The third-order valence-corrected chi connectivity index (χ3v) is 6.78. The number of thioether (sulfide) groups is 1. The second-order valence-electron chi connectivity index (χ2n) is 6.92. The van der Waals surface area contributed by atoms with Crippen LogP contribution in [0.25, 0.3) is 15.8 Å². The number of nitrogens with zero attached hydrogens (tertiary/aromatic N) is 3. The Bertz CT molecular complexity index is 1280. The summed E-state index contributed by atoms with van der Waals surface area (Å²) in [6.07, 6.45) is 6.41. The summed E-state index contributed by atoms with van der Waals surface area (Å²) in [5.41, 5.74) is 1.35. The summed E-state index contributed by atoms with van der Waals surface area (Å²) in [5, 5.41) is 3.14. The number of nitrogens with one attached hydrogen (secondary N) is 1. The van der Waals surface area contributed by atoms with E-state index in [1.807, 2.05) is 6.07 Å². The van der Waals surface area contributed by atoms with Crippen LogP contribution in [0.15, 0.2) is 48.9 Å². The van der Waals surface area contributed by atoms with Gasteiger partial charge in [0, 0.05) is 28.2 Å². The highest BCUT2D eigenvalue weighted by Gasteiger charge is 2.46. The van der Waals surface area contributed by atoms with Gasteiger partial charge >= 0.3 is 6.03 Å². The Morgan fingerprint density at radius 1 is 1.29 bits per heavy atom. The number of methoxy groups -OCH3 is 1. The Kier molecular flexibility index (Phi) is 4.79. The van der Waals surface area contributed by atoms with Gasteiger partial charge in [-0.2, -0.15) is 0 Å². The van der Waals surface area contributed by atoms with Crippen molar-refractivity contribution in [1.82, 2.24) is 15.3 Å². The van der Waals surface area contributed by atoms with E-state index < -0.39 is 29.0 Å². The topological polar surface area (TPSA) is 84.4 Å². The summed E-state index contributed by atoms with van der Waals surface area (Å²) in [4.78, 5) is 36.4. The largest absolute Gasteiger partial charge is 0.494 e. The van der Waals surface area contributed by atoms with E-state index in [0.717, 1.165) is 4.90 Å². The molecular weight excluding hydrogens is 443 g/mol. The molecule has 1 saturated heterocycles. The minimum absolute atomic E-state index is 0.0423. The first-order chi connectivity index (χ1) is 15.0. The number of hydrogen-bond donors (Lipinski definition) is 1. The number of carbonyl (C=O) groups is 2. The Balaban J connectivity index is 1.50. The lowest BCUT2D eigenvalue weighted by Gasteiger charge is -2.33. The fourth-order valence-corrected chi connectivity index (χ4v) is 5.26. The molecule has 1 fully saturated rings. The van der Waals surface area contributed by atoms with E-state index in [2.05, 4.69) is 15.3 Å². The zero-order chi connectivity index (χ0) is 21.7. The van der Waals surface area contributed by atoms with Gasteiger partial charge in [0.2, 0.25) is 0 Å². The van der Waals surface area contributed by atoms with Gasteiger partial charge in [0.1, 0.15) is 5.25 Å². The second kappa shape index (κ2) is 7.51. The highest BCUT2D eigenvalue weighted by atomic mass is 35.5. The predicted octanol–water partition coefficient (Wildman–Crippen LogP) is 4.01. The normalized spacial score (nSPS) is 20.5. The van der Waals surface area contributed by atoms with Crippen LogP contribution >= 0.6 is 23.4 Å². The van der Waals surface area contributed by atoms with Gasteiger partial charge in [-0.3, -0.25) is 14.8 Å². The predicted molar refractivity (Wildman–Crippen MR) is 117 cm³/mol. The lowest BCUT2D eigenvalue weighted by atomic mass is 10.1. The number of aromatic nitrogens is 2. The summed E-state index contributed by atoms with van der Waals surface area (Å²) in [7, 11) is 1.36. The van der Waals surface area contributed by atoms with Crippen LogP contribution in [0.1, 0.15) is 5.56 Å². The monoisotopic (exact) mass is 456 g/mol. The number of imide groups is 1. The van der Waals surface area contributed by atoms with Crippen molar-refractivity contribution in [3.05, 3.63) is 65.3 Å². The smallest absolute Gasteiger partial charge is 0.329 e. The lowest BCUT2D eigenvalue weighted by molar-refractivity contribution is -0.118. The molecular formula is C21H14ClFN4O3S. The van der Waals surface area contributed by atoms with E-state index in [0.29, 0.717) is 27.1 Å². The van der Waals surface area contributed by atoms with E-state index in [1.54, 1.807) is 24.5 Å². The van der Waals surface area contributed by atoms with E-state index in [-0.39, 0.29) is 10.8 Å². The van der Waals surface area contributed by atoms with Gasteiger partial charge in [-0.25, -0.2) is 14.1 Å². The van der Waals surface area contributed by atoms with E-state index >= 15 is 0 Å². The third kappa shape index (κ3) is 3.21. The van der Waals surface area contributed by atoms with Crippen molar-refractivity contribution < 1.29 is 18.7 Å². The second-order valence-corrected chi connectivity index (χ2v) is 8.51. The van der Waals surface area contributed by atoms with Crippen molar-refractivity contribution in [2.24, 2.45) is 0 Å². The van der Waals surface area contributed by atoms with Gasteiger partial charge in [0.05, 0.1) is 35.6 Å². The van der Waals surface area contributed by atoms with Crippen LogP contribution in [0.2, 0.25) is 5.02 Å². The van der Waals surface area contributed by atoms with Gasteiger partial charge < -0.3 is 10.1 Å². The van der Waals surface area contributed by atoms with Gasteiger partial charge in [-0.15, -0.1) is 11.8 Å². The summed E-state index contributed by atoms with van der Waals surface area (Å²) in [6.45, 7) is 0. The average molecular weight is 457 g/mol. The highest BCUT2D eigenvalue weighted by Crippen LogP contribution is 2.45. The Morgan fingerprint density at radius 2 is 2.13 bits per heavy atom. The first kappa shape index (κ1) is 19.8. The standard InChI is InChI=1S/C21H14ClFN4O3S/c1-30-16-5-11(12(22)6-13(16)23)17-7-14-19(31-17)20(28)27(21(29)26-14)15-9-24-8-10-3-2-4-25-18(10)15/h2-9,14,19H,1H3,(H,26,29). The maximum absolute atomic E-state index is 13.9. The van der Waals surface area contributed by atoms with Crippen LogP contribution in [0.4, 0.5) is 14.9 Å². The molecule has 2 aliphatic heterocycles. The van der Waals surface area contributed by atoms with Crippen LogP contribution in [-0.2, 0) is 4.79 Å². The molecule has 0 aliphatic carbocycles. The van der Waals surface area contributed by atoms with Gasteiger partial charge in [-0.05, 0) is 30.3 Å². The molecule has 31 heavy (non-hydrogen) atoms. The van der Waals surface area contributed by atoms with Gasteiger partial charge in [0.15, 0.2) is 11.6 Å². The van der Waals surface area contributed by atoms with Crippen LogP contribution in [0, 0.1) is 5.82 Å². The molecule has 2 atom stereocenters. The first-order valence-corrected chi connectivity index (χ1v) is 10.5. The molecule has 2 unspecified atom stereocenters. The molecule has 156 valence electrons. The van der Waals surface area contributed by atoms with Crippen molar-refractivity contribution in [1.29, 1.82) is 0 Å². The zero-order valence-electron chi connectivity index (χ0n) is 16.0. The van der Waals surface area contributed by atoms with Crippen molar-refractivity contribution in [2.75, 3.05) is 12.0 Å². The molecule has 10 heteroatoms. The summed E-state index contributed by atoms with van der Waals surface area (Å²) >= 11 is 7.49. The summed E-state index contributed by atoms with van der Waals surface area (Å²) < 4.78 is 19.0. The van der Waals surface area contributed by atoms with E-state index in [4.69, 9.17) is 16.3 Å². The molecule has 4 heterocycles. The van der Waals surface area contributed by atoms with Crippen LogP contribution < -0.4 is 15.0 Å². The molecule has 7 nitrogen and oxygen atoms in total. The maximum atomic E-state index is 13.9. The molecule has 1 N–H and O–H groups in total. The molecule has 2 aliphatic rings. The molecule has 5 rings (SSSR count). The van der Waals surface area contributed by atoms with Crippen molar-refractivity contribution in [3.8, 4) is 5.75 Å². The Morgan fingerprint density at radius 3 is 2.94 bits per heavy atom. The van der Waals surface area contributed by atoms with E-state index in [9.17, 15) is 14.0 Å². The first-order valence-electron chi connectivity index (χ1n) is 9.23. The molecule has 3 aromatic rings. The van der Waals surface area contributed by atoms with Crippen LogP contribution in [0.3, 0.4) is 0 Å². The highest BCUT2D eigenvalue weighted by molar-refractivity contribution is 8.09. The molecule has 0 bridgehead atoms. The summed E-state index contributed by atoms with van der Waals surface area (Å²) in [5.74, 6) is -0.931. The number of carbonyl (C=O) groups excluding carboxylic acids is 2. The number of ether oxygens (including phenoxy) is 1. The number of rotatable bonds is 3. The Labute approximate surface area is 185 Å². The minimum Gasteiger partial charge on any atom is -0.494 e. The number of urea groups is 1. The molecule has 0 spiro atoms. The average Bonchev–Trinajstić information content (AvgIpc) is 3.18.